The van der Waals surface area contributed by atoms with Crippen molar-refractivity contribution in [3.63, 3.8) is 0 Å². The van der Waals surface area contributed by atoms with Gasteiger partial charge in [-0.15, -0.1) is 5.10 Å². The SMILES string of the molecule is C=CC(=O)N1CCCC(C(=O)N2CCN(Cc3cc4c(N5CCOCC5)nc(-c5cnc(NC(=O)OC)cc5C(F)(F)F)nn4c3)CC2)C1. The van der Waals surface area contributed by atoms with E-state index >= 15 is 0 Å². The highest BCUT2D eigenvalue weighted by Gasteiger charge is 2.36. The molecule has 1 unspecified atom stereocenters. The number of pyridine rings is 1. The second-order valence-corrected chi connectivity index (χ2v) is 12.2. The van der Waals surface area contributed by atoms with Crippen LogP contribution in [0.15, 0.2) is 37.2 Å². The number of nitrogens with one attached hydrogen (secondary N) is 1. The molecule has 3 aliphatic heterocycles. The summed E-state index contributed by atoms with van der Waals surface area (Å²) in [4.78, 5) is 53.4. The molecule has 0 spiro atoms. The van der Waals surface area contributed by atoms with Gasteiger partial charge < -0.3 is 24.2 Å². The fourth-order valence-electron chi connectivity index (χ4n) is 6.49. The van der Waals surface area contributed by atoms with E-state index in [9.17, 15) is 27.6 Å². The van der Waals surface area contributed by atoms with Gasteiger partial charge in [-0.25, -0.2) is 19.3 Å². The monoisotopic (exact) mass is 685 g/mol. The summed E-state index contributed by atoms with van der Waals surface area (Å²) >= 11 is 0. The maximum absolute atomic E-state index is 14.3. The number of amides is 3. The van der Waals surface area contributed by atoms with Crippen molar-refractivity contribution in [3.8, 4) is 11.4 Å². The van der Waals surface area contributed by atoms with Crippen molar-refractivity contribution in [3.05, 3.63) is 48.3 Å². The van der Waals surface area contributed by atoms with Crippen LogP contribution in [0, 0.1) is 5.92 Å². The Hall–Kier alpha value is -4.77. The zero-order valence-electron chi connectivity index (χ0n) is 27.1. The van der Waals surface area contributed by atoms with Crippen molar-refractivity contribution < 1.29 is 37.0 Å². The summed E-state index contributed by atoms with van der Waals surface area (Å²) in [5.74, 6) is -0.346. The van der Waals surface area contributed by atoms with Crippen LogP contribution < -0.4 is 10.2 Å². The molecule has 0 aromatic carbocycles. The number of aromatic nitrogens is 4. The summed E-state index contributed by atoms with van der Waals surface area (Å²) in [7, 11) is 1.10. The number of morpholine rings is 1. The molecule has 0 saturated carbocycles. The second-order valence-electron chi connectivity index (χ2n) is 12.2. The minimum Gasteiger partial charge on any atom is -0.453 e. The first-order valence-electron chi connectivity index (χ1n) is 16.1. The molecule has 49 heavy (non-hydrogen) atoms. The van der Waals surface area contributed by atoms with Crippen LogP contribution in [0.2, 0.25) is 0 Å². The number of hydrogen-bond acceptors (Lipinski definition) is 10. The van der Waals surface area contributed by atoms with E-state index in [1.165, 1.54) is 6.08 Å². The van der Waals surface area contributed by atoms with Crippen LogP contribution in [-0.2, 0) is 31.8 Å². The molecule has 6 rings (SSSR count). The number of hydrogen-bond donors (Lipinski definition) is 1. The van der Waals surface area contributed by atoms with Crippen molar-refractivity contribution in [2.24, 2.45) is 5.92 Å². The number of piperazine rings is 1. The third-order valence-electron chi connectivity index (χ3n) is 9.02. The summed E-state index contributed by atoms with van der Waals surface area (Å²) < 4.78 is 54.4. The standard InChI is InChI=1S/C32H38F3N9O5/c1-3-27(45)43-6-4-5-22(20-43)30(46)42-9-7-40(8-10-42)18-21-15-25-29(41-11-13-49-14-12-41)38-28(39-44(25)19-21)23-17-36-26(37-31(47)48-2)16-24(23)32(33,34)35/h3,15-17,19,22H,1,4-14,18,20H2,2H3,(H,36,37,47). The maximum Gasteiger partial charge on any atom is 0.417 e. The number of carbonyl (C=O) groups excluding carboxylic acids is 3. The zero-order valence-corrected chi connectivity index (χ0v) is 27.1. The Morgan fingerprint density at radius 3 is 2.53 bits per heavy atom. The molecule has 3 aromatic heterocycles. The van der Waals surface area contributed by atoms with Gasteiger partial charge >= 0.3 is 12.3 Å². The summed E-state index contributed by atoms with van der Waals surface area (Å²) in [5, 5.41) is 6.66. The van der Waals surface area contributed by atoms with Crippen LogP contribution in [0.5, 0.6) is 0 Å². The van der Waals surface area contributed by atoms with E-state index in [4.69, 9.17) is 4.74 Å². The number of fused-ring (bicyclic) bond motifs is 1. The summed E-state index contributed by atoms with van der Waals surface area (Å²) in [6, 6.07) is 2.66. The third kappa shape index (κ3) is 7.62. The summed E-state index contributed by atoms with van der Waals surface area (Å²) in [6.07, 6.45) is -0.163. The molecule has 17 heteroatoms. The number of likely N-dealkylation sites (tertiary alicyclic amines) is 1. The minimum atomic E-state index is -4.80. The average molecular weight is 686 g/mol. The van der Waals surface area contributed by atoms with E-state index in [1.807, 2.05) is 15.9 Å². The Balaban J connectivity index is 1.22. The highest BCUT2D eigenvalue weighted by atomic mass is 19.4. The van der Waals surface area contributed by atoms with Crippen molar-refractivity contribution in [2.45, 2.75) is 25.6 Å². The molecule has 3 amide bonds. The number of rotatable bonds is 7. The topological polar surface area (TPSA) is 138 Å². The second kappa shape index (κ2) is 14.4. The first-order valence-corrected chi connectivity index (χ1v) is 16.1. The fraction of sp³-hybridized carbons (Fsp3) is 0.500. The van der Waals surface area contributed by atoms with Gasteiger partial charge in [-0.2, -0.15) is 13.2 Å². The van der Waals surface area contributed by atoms with Gasteiger partial charge in [-0.1, -0.05) is 6.58 Å². The molecule has 3 fully saturated rings. The molecular formula is C32H38F3N9O5. The number of carbonyl (C=O) groups is 3. The van der Waals surface area contributed by atoms with Crippen LogP contribution in [0.4, 0.5) is 29.6 Å². The smallest absolute Gasteiger partial charge is 0.417 e. The predicted molar refractivity (Wildman–Crippen MR) is 172 cm³/mol. The first kappa shape index (κ1) is 34.1. The molecule has 0 radical (unpaired) electrons. The molecule has 1 atom stereocenters. The van der Waals surface area contributed by atoms with Crippen molar-refractivity contribution in [1.82, 2.24) is 34.3 Å². The van der Waals surface area contributed by atoms with Gasteiger partial charge in [-0.3, -0.25) is 19.8 Å². The molecule has 14 nitrogen and oxygen atoms in total. The molecule has 3 aliphatic rings. The molecule has 0 aliphatic carbocycles. The lowest BCUT2D eigenvalue weighted by Gasteiger charge is -2.38. The van der Waals surface area contributed by atoms with Crippen LogP contribution in [0.25, 0.3) is 16.9 Å². The van der Waals surface area contributed by atoms with Crippen molar-refractivity contribution in [2.75, 3.05) is 82.9 Å². The molecule has 1 N–H and O–H groups in total. The zero-order chi connectivity index (χ0) is 34.7. The molecule has 262 valence electrons. The van der Waals surface area contributed by atoms with E-state index in [1.54, 1.807) is 15.6 Å². The Morgan fingerprint density at radius 2 is 1.84 bits per heavy atom. The van der Waals surface area contributed by atoms with Crippen LogP contribution in [-0.4, -0.2) is 125 Å². The predicted octanol–water partition coefficient (Wildman–Crippen LogP) is 2.89. The number of methoxy groups -OCH3 is 1. The van der Waals surface area contributed by atoms with Crippen molar-refractivity contribution >= 4 is 35.1 Å². The Labute approximate surface area is 280 Å². The average Bonchev–Trinajstić information content (AvgIpc) is 3.53. The number of halogens is 3. The number of nitrogens with zero attached hydrogens (tertiary/aromatic N) is 8. The number of anilines is 2. The van der Waals surface area contributed by atoms with E-state index in [0.717, 1.165) is 37.8 Å². The Kier molecular flexibility index (Phi) is 10.0. The van der Waals surface area contributed by atoms with Crippen molar-refractivity contribution in [1.29, 1.82) is 0 Å². The summed E-state index contributed by atoms with van der Waals surface area (Å²) in [5.41, 5.74) is 0.119. The van der Waals surface area contributed by atoms with Gasteiger partial charge in [0.05, 0.1) is 37.4 Å². The van der Waals surface area contributed by atoms with E-state index < -0.39 is 17.8 Å². The molecule has 3 saturated heterocycles. The number of ether oxygens (including phenoxy) is 2. The van der Waals surface area contributed by atoms with Crippen LogP contribution in [0.3, 0.4) is 0 Å². The summed E-state index contributed by atoms with van der Waals surface area (Å²) in [6.45, 7) is 9.39. The lowest BCUT2D eigenvalue weighted by Crippen LogP contribution is -2.52. The lowest BCUT2D eigenvalue weighted by molar-refractivity contribution is -0.141. The fourth-order valence-corrected chi connectivity index (χ4v) is 6.49. The molecule has 3 aromatic rings. The Bertz CT molecular complexity index is 1720. The number of alkyl halides is 3. The van der Waals surface area contributed by atoms with Gasteiger partial charge in [0.15, 0.2) is 11.6 Å². The molecule has 6 heterocycles. The minimum absolute atomic E-state index is 0.0654. The van der Waals surface area contributed by atoms with Crippen LogP contribution >= 0.6 is 0 Å². The number of piperidine rings is 1. The normalized spacial score (nSPS) is 19.2. The molecular weight excluding hydrogens is 647 g/mol. The third-order valence-corrected chi connectivity index (χ3v) is 9.02. The largest absolute Gasteiger partial charge is 0.453 e. The first-order chi connectivity index (χ1) is 23.5. The van der Waals surface area contributed by atoms with Gasteiger partial charge in [0, 0.05) is 71.3 Å². The van der Waals surface area contributed by atoms with Gasteiger partial charge in [0.2, 0.25) is 11.8 Å². The quantitative estimate of drug-likeness (QED) is 0.370. The van der Waals surface area contributed by atoms with Gasteiger partial charge in [0.25, 0.3) is 0 Å². The van der Waals surface area contributed by atoms with E-state index in [2.05, 4.69) is 36.6 Å². The van der Waals surface area contributed by atoms with E-state index in [-0.39, 0.29) is 34.9 Å². The lowest BCUT2D eigenvalue weighted by atomic mass is 9.96. The highest BCUT2D eigenvalue weighted by Crippen LogP contribution is 2.38. The van der Waals surface area contributed by atoms with Crippen LogP contribution in [0.1, 0.15) is 24.0 Å². The maximum atomic E-state index is 14.3. The molecule has 0 bridgehead atoms. The highest BCUT2D eigenvalue weighted by molar-refractivity contribution is 5.88. The Morgan fingerprint density at radius 1 is 1.08 bits per heavy atom. The van der Waals surface area contributed by atoms with Gasteiger partial charge in [0.1, 0.15) is 11.3 Å². The van der Waals surface area contributed by atoms with E-state index in [0.29, 0.717) is 83.5 Å². The van der Waals surface area contributed by atoms with Gasteiger partial charge in [-0.05, 0) is 36.6 Å².